The van der Waals surface area contributed by atoms with Gasteiger partial charge in [-0.25, -0.2) is 0 Å². The van der Waals surface area contributed by atoms with Gasteiger partial charge in [0.2, 0.25) is 0 Å². The fraction of sp³-hybridized carbons (Fsp3) is 0. The minimum Gasteiger partial charge on any atom is 0 e. The molecule has 0 unspecified atom stereocenters. The van der Waals surface area contributed by atoms with Gasteiger partial charge in [0.05, 0.1) is 0 Å². The van der Waals surface area contributed by atoms with Crippen molar-refractivity contribution in [2.24, 2.45) is 0 Å². The molecule has 0 heterocycles. The van der Waals surface area contributed by atoms with Gasteiger partial charge in [-0.3, -0.25) is 0 Å². The normalized spacial score (nSPS) is 1.25. The molecule has 0 saturated heterocycles. The zero-order valence-corrected chi connectivity index (χ0v) is 13.7. The first-order valence-corrected chi connectivity index (χ1v) is 19.6. The first kappa shape index (κ1) is 15.7. The van der Waals surface area contributed by atoms with Crippen molar-refractivity contribution in [1.82, 2.24) is 0 Å². The Balaban J connectivity index is -0.00000000500. The van der Waals surface area contributed by atoms with Crippen LogP contribution in [0.2, 0.25) is 0 Å². The summed E-state index contributed by atoms with van der Waals surface area (Å²) in [6.07, 6.45) is 0. The van der Waals surface area contributed by atoms with E-state index in [1.807, 2.05) is 0 Å². The van der Waals surface area contributed by atoms with Gasteiger partial charge in [-0.2, -0.15) is 0 Å². The maximum absolute atomic E-state index is 1.34. The summed E-state index contributed by atoms with van der Waals surface area (Å²) in [4.78, 5) is 0. The molecule has 0 aromatic rings. The average Bonchev–Trinajstić information content (AvgIpc) is 1.00. The van der Waals surface area contributed by atoms with Gasteiger partial charge in [-0.1, -0.05) is 0 Å². The molecule has 0 spiro atoms. The third-order valence-electron chi connectivity index (χ3n) is 0. The first-order chi connectivity index (χ1) is 1.00. The summed E-state index contributed by atoms with van der Waals surface area (Å²) in [5, 5.41) is 0. The van der Waals surface area contributed by atoms with Gasteiger partial charge in [0, 0.05) is 46.6 Å². The Morgan fingerprint density at radius 3 is 1.25 bits per heavy atom. The predicted molar refractivity (Wildman–Crippen MR) is 0 cm³/mol. The van der Waals surface area contributed by atoms with E-state index >= 15 is 0 Å². The van der Waals surface area contributed by atoms with E-state index in [1.165, 1.54) is 47.7 Å². The molecule has 4 heteroatoms. The Kier molecular flexibility index (Phi) is 62.0. The van der Waals surface area contributed by atoms with Crippen molar-refractivity contribution in [3.8, 4) is 0 Å². The smallest absolute Gasteiger partial charge is 0 e. The minimum atomic E-state index is 0. The quantitative estimate of drug-likeness (QED) is 0.358. The Morgan fingerprint density at radius 2 is 1.25 bits per heavy atom. The number of rotatable bonds is 0. The average molecular weight is 575 g/mol. The molecule has 0 aromatic carbocycles. The van der Waals surface area contributed by atoms with Crippen molar-refractivity contribution >= 4 is 0 Å². The second-order valence-electron chi connectivity index (χ2n) is 0. The monoisotopic (exact) mass is 573 g/mol. The van der Waals surface area contributed by atoms with Crippen molar-refractivity contribution in [3.05, 3.63) is 0 Å². The SMILES string of the molecule is [La][U].[Pd].[Zr]. The Bertz CT molecular complexity index is 8.00. The van der Waals surface area contributed by atoms with Gasteiger partial charge in [0.15, 0.2) is 0 Å². The molecule has 0 radical (unpaired) electrons. The van der Waals surface area contributed by atoms with Crippen LogP contribution in [0.15, 0.2) is 0 Å². The molecule has 0 saturated carbocycles. The van der Waals surface area contributed by atoms with Gasteiger partial charge >= 0.3 is 47.7 Å². The molecule has 0 rings (SSSR count). The summed E-state index contributed by atoms with van der Waals surface area (Å²) in [5.41, 5.74) is 0. The second kappa shape index (κ2) is 15.8. The van der Waals surface area contributed by atoms with Crippen molar-refractivity contribution in [2.45, 2.75) is 0 Å². The number of hydrogen-bond acceptors (Lipinski definition) is 0. The fourth-order valence-electron chi connectivity index (χ4n) is 0. The topological polar surface area (TPSA) is 0 Å². The molecule has 0 nitrogen and oxygen atoms in total. The van der Waals surface area contributed by atoms with E-state index in [-0.39, 0.29) is 46.6 Å². The molecule has 0 amide bonds. The predicted octanol–water partition coefficient (Wildman–Crippen LogP) is -0.00500. The molecule has 0 N–H and O–H groups in total. The molecule has 0 atom stereocenters. The third-order valence-corrected chi connectivity index (χ3v) is 0. The summed E-state index contributed by atoms with van der Waals surface area (Å²) < 4.78 is 0. The van der Waals surface area contributed by atoms with Crippen LogP contribution < -0.4 is 0 Å². The van der Waals surface area contributed by atoms with Crippen LogP contribution in [-0.2, 0) is 46.6 Å². The van der Waals surface area contributed by atoms with Crippen LogP contribution in [0.4, 0.5) is 0 Å². The molecule has 0 aliphatic carbocycles. The maximum Gasteiger partial charge on any atom is 0 e. The maximum atomic E-state index is 1.34. The van der Waals surface area contributed by atoms with E-state index in [0.717, 1.165) is 0 Å². The number of hydrogen-bond donors (Lipinski definition) is 0. The van der Waals surface area contributed by atoms with E-state index in [0.29, 0.717) is 0 Å². The summed E-state index contributed by atoms with van der Waals surface area (Å²) >= 11 is 2.66. The molecule has 0 bridgehead atoms. The van der Waals surface area contributed by atoms with Crippen LogP contribution in [0.5, 0.6) is 0 Å². The van der Waals surface area contributed by atoms with Gasteiger partial charge in [0.1, 0.15) is 0 Å². The molecular formula is LaPdUZr. The van der Waals surface area contributed by atoms with Gasteiger partial charge in [0.25, 0.3) is 0 Å². The molecule has 0 fully saturated rings. The van der Waals surface area contributed by atoms with Crippen molar-refractivity contribution in [2.75, 3.05) is 0 Å². The van der Waals surface area contributed by atoms with Gasteiger partial charge < -0.3 is 0 Å². The van der Waals surface area contributed by atoms with E-state index < -0.39 is 0 Å². The van der Waals surface area contributed by atoms with Crippen molar-refractivity contribution in [1.29, 1.82) is 0 Å². The minimum absolute atomic E-state index is 0. The molecular weight excluding hydrogens is 575 g/mol. The molecule has 21 valence electrons. The summed E-state index contributed by atoms with van der Waals surface area (Å²) in [6, 6.07) is 0. The van der Waals surface area contributed by atoms with E-state index in [9.17, 15) is 0 Å². The largest absolute Gasteiger partial charge is 0 e. The zero-order valence-electron chi connectivity index (χ0n) is 1.89. The molecule has 0 aliphatic rings. The van der Waals surface area contributed by atoms with Gasteiger partial charge in [-0.15, -0.1) is 0 Å². The van der Waals surface area contributed by atoms with Crippen LogP contribution in [0.3, 0.4) is 0 Å². The van der Waals surface area contributed by atoms with Crippen LogP contribution >= 0.6 is 0 Å². The Labute approximate surface area is 91.3 Å². The third kappa shape index (κ3) is 9.25. The molecule has 0 aliphatic heterocycles. The van der Waals surface area contributed by atoms with Crippen LogP contribution in [0, 0.1) is 47.7 Å². The van der Waals surface area contributed by atoms with Crippen molar-refractivity contribution < 1.29 is 94.3 Å². The van der Waals surface area contributed by atoms with Crippen molar-refractivity contribution in [3.63, 3.8) is 0 Å². The van der Waals surface area contributed by atoms with E-state index in [4.69, 9.17) is 0 Å². The van der Waals surface area contributed by atoms with Gasteiger partial charge in [-0.05, 0) is 0 Å². The zero-order chi connectivity index (χ0) is 2.00. The summed E-state index contributed by atoms with van der Waals surface area (Å²) in [7, 11) is 0. The molecule has 4 heavy (non-hydrogen) atoms. The van der Waals surface area contributed by atoms with E-state index in [1.54, 1.807) is 0 Å². The Hall–Kier alpha value is 3.79. The van der Waals surface area contributed by atoms with E-state index in [2.05, 4.69) is 0 Å². The van der Waals surface area contributed by atoms with Crippen LogP contribution in [-0.4, -0.2) is 0 Å². The molecule has 0 aromatic heterocycles. The standard InChI is InChI=1S/La.Pd.U.Zr. The second-order valence-corrected chi connectivity index (χ2v) is 0. The van der Waals surface area contributed by atoms with Crippen LogP contribution in [0.25, 0.3) is 0 Å². The first-order valence-electron chi connectivity index (χ1n) is 0.289. The Morgan fingerprint density at radius 1 is 1.25 bits per heavy atom. The summed E-state index contributed by atoms with van der Waals surface area (Å²) in [6.45, 7) is 0. The summed E-state index contributed by atoms with van der Waals surface area (Å²) in [5.74, 6) is 0. The van der Waals surface area contributed by atoms with Crippen LogP contribution in [0.1, 0.15) is 0 Å². The fourth-order valence-corrected chi connectivity index (χ4v) is 0.